The van der Waals surface area contributed by atoms with Crippen LogP contribution in [0.3, 0.4) is 0 Å². The summed E-state index contributed by atoms with van der Waals surface area (Å²) >= 11 is 0. The van der Waals surface area contributed by atoms with Gasteiger partial charge in [-0.2, -0.15) is 0 Å². The van der Waals surface area contributed by atoms with Crippen LogP contribution in [-0.2, 0) is 0 Å². The average molecular weight is 136 g/mol. The third-order valence-corrected chi connectivity index (χ3v) is 1.23. The molecule has 0 radical (unpaired) electrons. The summed E-state index contributed by atoms with van der Waals surface area (Å²) in [6.45, 7) is 10.0. The highest BCUT2D eigenvalue weighted by atomic mass is 13.9. The first-order valence-corrected chi connectivity index (χ1v) is 3.71. The molecule has 0 saturated heterocycles. The van der Waals surface area contributed by atoms with E-state index >= 15 is 0 Å². The summed E-state index contributed by atoms with van der Waals surface area (Å²) in [6.07, 6.45) is 4.99. The lowest BCUT2D eigenvalue weighted by atomic mass is 10.1. The lowest BCUT2D eigenvalue weighted by Crippen LogP contribution is -1.79. The first-order chi connectivity index (χ1) is 4.66. The minimum absolute atomic E-state index is 0.727. The smallest absolute Gasteiger partial charge is 0.0101 e. The van der Waals surface area contributed by atoms with Crippen LogP contribution in [0.1, 0.15) is 27.2 Å². The van der Waals surface area contributed by atoms with E-state index in [1.54, 1.807) is 0 Å². The van der Waals surface area contributed by atoms with Crippen molar-refractivity contribution < 1.29 is 0 Å². The summed E-state index contributed by atoms with van der Waals surface area (Å²) in [4.78, 5) is 0. The molecule has 0 saturated carbocycles. The Balaban J connectivity index is 3.85. The van der Waals surface area contributed by atoms with Gasteiger partial charge in [-0.05, 0) is 30.9 Å². The van der Waals surface area contributed by atoms with Crippen molar-refractivity contribution in [3.8, 4) is 0 Å². The molecule has 0 aromatic carbocycles. The number of hydrogen-bond acceptors (Lipinski definition) is 0. The van der Waals surface area contributed by atoms with Crippen LogP contribution in [0.25, 0.3) is 0 Å². The Bertz CT molecular complexity index is 155. The molecule has 0 aliphatic heterocycles. The van der Waals surface area contributed by atoms with E-state index in [-0.39, 0.29) is 0 Å². The Kier molecular flexibility index (Phi) is 4.70. The first-order valence-electron chi connectivity index (χ1n) is 3.71. The first kappa shape index (κ1) is 9.26. The molecule has 10 heavy (non-hydrogen) atoms. The van der Waals surface area contributed by atoms with E-state index < -0.39 is 0 Å². The molecule has 0 amide bonds. The van der Waals surface area contributed by atoms with Crippen molar-refractivity contribution in [2.45, 2.75) is 27.2 Å². The predicted octanol–water partition coefficient (Wildman–Crippen LogP) is 3.32. The quantitative estimate of drug-likeness (QED) is 0.412. The van der Waals surface area contributed by atoms with Crippen molar-refractivity contribution in [3.63, 3.8) is 0 Å². The summed E-state index contributed by atoms with van der Waals surface area (Å²) < 4.78 is 0. The van der Waals surface area contributed by atoms with Gasteiger partial charge < -0.3 is 0 Å². The highest BCUT2D eigenvalue weighted by Gasteiger charge is 1.85. The normalized spacial score (nSPS) is 8.80. The van der Waals surface area contributed by atoms with Gasteiger partial charge in [0.15, 0.2) is 0 Å². The standard InChI is InChI=1S/C10H16/c1-5-10(4)8-6-7-9(2)3/h5-6,9H,1,7H2,2-4H3. The number of rotatable bonds is 3. The zero-order valence-electron chi connectivity index (χ0n) is 7.15. The monoisotopic (exact) mass is 136 g/mol. The molecule has 0 atom stereocenters. The van der Waals surface area contributed by atoms with Gasteiger partial charge in [0.25, 0.3) is 0 Å². The Morgan fingerprint density at radius 1 is 1.60 bits per heavy atom. The molecule has 0 nitrogen and oxygen atoms in total. The Labute approximate surface area is 64.0 Å². The molecule has 0 fully saturated rings. The molecule has 0 bridgehead atoms. The molecule has 56 valence electrons. The lowest BCUT2D eigenvalue weighted by molar-refractivity contribution is 0.664. The fourth-order valence-corrected chi connectivity index (χ4v) is 0.515. The molecule has 0 heteroatoms. The van der Waals surface area contributed by atoms with Crippen molar-refractivity contribution in [2.75, 3.05) is 0 Å². The Morgan fingerprint density at radius 3 is 2.60 bits per heavy atom. The zero-order valence-corrected chi connectivity index (χ0v) is 7.15. The van der Waals surface area contributed by atoms with Gasteiger partial charge in [0, 0.05) is 0 Å². The Hall–Kier alpha value is -0.740. The second-order valence-corrected chi connectivity index (χ2v) is 2.87. The Morgan fingerprint density at radius 2 is 2.20 bits per heavy atom. The highest BCUT2D eigenvalue weighted by Crippen LogP contribution is 1.99. The highest BCUT2D eigenvalue weighted by molar-refractivity contribution is 5.11. The van der Waals surface area contributed by atoms with Crippen molar-refractivity contribution >= 4 is 0 Å². The summed E-state index contributed by atoms with van der Waals surface area (Å²) in [5, 5.41) is 0. The van der Waals surface area contributed by atoms with Crippen LogP contribution in [0.5, 0.6) is 0 Å². The predicted molar refractivity (Wildman–Crippen MR) is 46.9 cm³/mol. The van der Waals surface area contributed by atoms with Gasteiger partial charge in [0.1, 0.15) is 0 Å². The van der Waals surface area contributed by atoms with Gasteiger partial charge >= 0.3 is 0 Å². The van der Waals surface area contributed by atoms with Gasteiger partial charge in [-0.25, -0.2) is 0 Å². The third-order valence-electron chi connectivity index (χ3n) is 1.23. The van der Waals surface area contributed by atoms with E-state index in [1.165, 1.54) is 0 Å². The van der Waals surface area contributed by atoms with Gasteiger partial charge in [0.2, 0.25) is 0 Å². The molecule has 0 rings (SSSR count). The molecular weight excluding hydrogens is 120 g/mol. The van der Waals surface area contributed by atoms with E-state index in [9.17, 15) is 0 Å². The van der Waals surface area contributed by atoms with Crippen LogP contribution in [0.2, 0.25) is 0 Å². The average Bonchev–Trinajstić information content (AvgIpc) is 1.87. The van der Waals surface area contributed by atoms with Crippen LogP contribution in [0.15, 0.2) is 30.0 Å². The largest absolute Gasteiger partial charge is 0.122 e. The molecule has 0 aromatic rings. The molecule has 0 aliphatic carbocycles. The maximum Gasteiger partial charge on any atom is -0.0101 e. The van der Waals surface area contributed by atoms with E-state index in [2.05, 4.69) is 32.2 Å². The maximum absolute atomic E-state index is 3.64. The van der Waals surface area contributed by atoms with Crippen LogP contribution >= 0.6 is 0 Å². The van der Waals surface area contributed by atoms with Gasteiger partial charge in [-0.15, -0.1) is 5.73 Å². The molecule has 0 spiro atoms. The number of allylic oxidation sites excluding steroid dienone is 2. The van der Waals surface area contributed by atoms with Crippen molar-refractivity contribution in [2.24, 2.45) is 5.92 Å². The van der Waals surface area contributed by atoms with E-state index in [0.29, 0.717) is 0 Å². The zero-order chi connectivity index (χ0) is 7.98. The summed E-state index contributed by atoms with van der Waals surface area (Å²) in [5.74, 6) is 0.727. The molecule has 0 unspecified atom stereocenters. The molecule has 0 N–H and O–H groups in total. The SMILES string of the molecule is C=CC(C)=C=CCC(C)C. The lowest BCUT2D eigenvalue weighted by Gasteiger charge is -1.93. The molecular formula is C10H16. The summed E-state index contributed by atoms with van der Waals surface area (Å²) in [5.41, 5.74) is 4.25. The van der Waals surface area contributed by atoms with E-state index in [4.69, 9.17) is 0 Å². The minimum Gasteiger partial charge on any atom is -0.122 e. The van der Waals surface area contributed by atoms with E-state index in [0.717, 1.165) is 17.9 Å². The van der Waals surface area contributed by atoms with Gasteiger partial charge in [0.05, 0.1) is 0 Å². The summed E-state index contributed by atoms with van der Waals surface area (Å²) in [7, 11) is 0. The summed E-state index contributed by atoms with van der Waals surface area (Å²) in [6, 6.07) is 0. The molecule has 0 aliphatic rings. The van der Waals surface area contributed by atoms with Crippen LogP contribution in [0.4, 0.5) is 0 Å². The van der Waals surface area contributed by atoms with Crippen LogP contribution in [0, 0.1) is 5.92 Å². The number of hydrogen-bond donors (Lipinski definition) is 0. The van der Waals surface area contributed by atoms with Crippen molar-refractivity contribution in [1.82, 2.24) is 0 Å². The van der Waals surface area contributed by atoms with Crippen LogP contribution in [-0.4, -0.2) is 0 Å². The van der Waals surface area contributed by atoms with Crippen molar-refractivity contribution in [1.29, 1.82) is 0 Å². The van der Waals surface area contributed by atoms with Crippen molar-refractivity contribution in [3.05, 3.63) is 30.0 Å². The molecule has 0 aromatic heterocycles. The van der Waals surface area contributed by atoms with Gasteiger partial charge in [-0.1, -0.05) is 26.5 Å². The fourth-order valence-electron chi connectivity index (χ4n) is 0.515. The second kappa shape index (κ2) is 5.08. The minimum atomic E-state index is 0.727. The topological polar surface area (TPSA) is 0 Å². The molecule has 0 heterocycles. The second-order valence-electron chi connectivity index (χ2n) is 2.87. The third kappa shape index (κ3) is 5.40. The van der Waals surface area contributed by atoms with E-state index in [1.807, 2.05) is 13.0 Å². The maximum atomic E-state index is 3.64. The fraction of sp³-hybridized carbons (Fsp3) is 0.500. The van der Waals surface area contributed by atoms with Crippen LogP contribution < -0.4 is 0 Å². The van der Waals surface area contributed by atoms with Gasteiger partial charge in [-0.3, -0.25) is 0 Å².